The molecular formula is C21H29FN6O8. The van der Waals surface area contributed by atoms with E-state index in [2.05, 4.69) is 15.0 Å². The van der Waals surface area contributed by atoms with E-state index >= 15 is 0 Å². The summed E-state index contributed by atoms with van der Waals surface area (Å²) in [5.74, 6) is -2.40. The molecule has 0 saturated carbocycles. The number of ether oxygens (including phenoxy) is 4. The number of nitrogens with two attached hydrogens (primary N) is 2. The number of carbonyl (C=O) groups excluding carboxylic acids is 3. The molecule has 1 aliphatic rings. The first-order chi connectivity index (χ1) is 17.0. The third kappa shape index (κ3) is 5.46. The second-order valence-corrected chi connectivity index (χ2v) is 8.50. The van der Waals surface area contributed by atoms with Crippen LogP contribution in [0.3, 0.4) is 0 Å². The van der Waals surface area contributed by atoms with E-state index in [4.69, 9.17) is 30.4 Å². The molecule has 0 spiro atoms. The quantitative estimate of drug-likeness (QED) is 0.278. The second kappa shape index (κ2) is 11.0. The molecule has 1 aliphatic heterocycles. The maximum absolute atomic E-state index is 14.5. The van der Waals surface area contributed by atoms with Gasteiger partial charge in [0, 0.05) is 6.42 Å². The predicted molar refractivity (Wildman–Crippen MR) is 121 cm³/mol. The number of halogens is 1. The molecule has 198 valence electrons. The highest BCUT2D eigenvalue weighted by Crippen LogP contribution is 2.32. The van der Waals surface area contributed by atoms with Crippen LogP contribution in [0, 0.1) is 5.41 Å². The fourth-order valence-corrected chi connectivity index (χ4v) is 3.72. The van der Waals surface area contributed by atoms with E-state index in [0.717, 1.165) is 0 Å². The molecule has 5 atom stereocenters. The van der Waals surface area contributed by atoms with Crippen molar-refractivity contribution in [2.24, 2.45) is 11.1 Å². The van der Waals surface area contributed by atoms with Gasteiger partial charge in [-0.15, -0.1) is 0 Å². The second-order valence-electron chi connectivity index (χ2n) is 8.50. The lowest BCUT2D eigenvalue weighted by atomic mass is 9.80. The van der Waals surface area contributed by atoms with Gasteiger partial charge in [0.1, 0.15) is 37.8 Å². The summed E-state index contributed by atoms with van der Waals surface area (Å²) >= 11 is 0. The number of imidazole rings is 1. The molecule has 2 aromatic heterocycles. The van der Waals surface area contributed by atoms with Crippen LogP contribution in [0.1, 0.15) is 39.3 Å². The maximum atomic E-state index is 14.5. The molecule has 1 fully saturated rings. The van der Waals surface area contributed by atoms with Crippen molar-refractivity contribution in [3.63, 3.8) is 0 Å². The molecule has 0 unspecified atom stereocenters. The Morgan fingerprint density at radius 3 is 2.78 bits per heavy atom. The molecule has 5 N–H and O–H groups in total. The fourth-order valence-electron chi connectivity index (χ4n) is 3.72. The molecule has 0 aliphatic carbocycles. The summed E-state index contributed by atoms with van der Waals surface area (Å²) in [4.78, 5) is 58.5. The Morgan fingerprint density at radius 1 is 1.39 bits per heavy atom. The zero-order valence-corrected chi connectivity index (χ0v) is 20.1. The van der Waals surface area contributed by atoms with Crippen molar-refractivity contribution in [3.8, 4) is 0 Å². The van der Waals surface area contributed by atoms with Crippen LogP contribution in [-0.4, -0.2) is 76.1 Å². The van der Waals surface area contributed by atoms with Crippen molar-refractivity contribution in [1.29, 1.82) is 0 Å². The van der Waals surface area contributed by atoms with Crippen molar-refractivity contribution in [2.45, 2.75) is 57.7 Å². The first-order valence-corrected chi connectivity index (χ1v) is 11.2. The summed E-state index contributed by atoms with van der Waals surface area (Å²) in [5.41, 5.74) is 9.78. The van der Waals surface area contributed by atoms with Gasteiger partial charge in [-0.25, -0.2) is 9.37 Å². The van der Waals surface area contributed by atoms with Gasteiger partial charge in [0.25, 0.3) is 5.56 Å². The summed E-state index contributed by atoms with van der Waals surface area (Å²) in [6.07, 6.45) is -2.26. The van der Waals surface area contributed by atoms with Crippen LogP contribution in [0.4, 0.5) is 10.3 Å². The number of nitrogens with zero attached hydrogens (tertiary/aromatic N) is 3. The molecule has 0 aromatic carbocycles. The molecule has 3 rings (SSSR count). The van der Waals surface area contributed by atoms with Gasteiger partial charge in [-0.05, 0) is 13.3 Å². The molecule has 0 radical (unpaired) electrons. The first-order valence-electron chi connectivity index (χ1n) is 11.2. The standard InChI is InChI=1S/C21H29FN6O8/c1-4-21(2,19(32)33-3)15(23)18(31)34-6-5-13(29)35-8-11-10(22)7-12(36-11)28-9-25-14-16(28)26-20(24)27-17(14)30/h9-12,15H,4-8,23H2,1-3H3,(H3,24,26,27,30)/t10-,11+,12+,15+,21+/m0/s1. The number of alkyl halides is 1. The number of esters is 3. The number of carbonyl (C=O) groups is 3. The third-order valence-electron chi connectivity index (χ3n) is 6.21. The minimum absolute atomic E-state index is 0.0261. The van der Waals surface area contributed by atoms with Crippen LogP contribution in [0.25, 0.3) is 11.2 Å². The van der Waals surface area contributed by atoms with Crippen LogP contribution in [0.15, 0.2) is 11.1 Å². The van der Waals surface area contributed by atoms with Gasteiger partial charge in [-0.1, -0.05) is 6.92 Å². The average Bonchev–Trinajstić information content (AvgIpc) is 3.44. The van der Waals surface area contributed by atoms with Gasteiger partial charge in [0.2, 0.25) is 5.95 Å². The topological polar surface area (TPSA) is 204 Å². The number of fused-ring (bicyclic) bond motifs is 1. The van der Waals surface area contributed by atoms with Crippen LogP contribution >= 0.6 is 0 Å². The van der Waals surface area contributed by atoms with Crippen LogP contribution in [-0.2, 0) is 33.3 Å². The molecule has 0 amide bonds. The van der Waals surface area contributed by atoms with E-state index in [1.165, 1.54) is 24.9 Å². The smallest absolute Gasteiger partial charge is 0.324 e. The molecule has 36 heavy (non-hydrogen) atoms. The van der Waals surface area contributed by atoms with E-state index in [1.54, 1.807) is 6.92 Å². The zero-order chi connectivity index (χ0) is 26.6. The maximum Gasteiger partial charge on any atom is 0.324 e. The summed E-state index contributed by atoms with van der Waals surface area (Å²) in [6, 6.07) is -1.29. The SMILES string of the molecule is CC[C@@](C)(C(=O)OC)[C@H](N)C(=O)OCCC(=O)OC[C@H]1O[C@@H](n2cnc3c(=O)[nH]c(N)nc32)C[C@@H]1F. The van der Waals surface area contributed by atoms with Gasteiger partial charge in [0.15, 0.2) is 11.2 Å². The van der Waals surface area contributed by atoms with Gasteiger partial charge < -0.3 is 30.4 Å². The fraction of sp³-hybridized carbons (Fsp3) is 0.619. The number of hydrogen-bond acceptors (Lipinski definition) is 12. The number of rotatable bonds is 10. The van der Waals surface area contributed by atoms with Crippen LogP contribution < -0.4 is 17.0 Å². The third-order valence-corrected chi connectivity index (χ3v) is 6.21. The lowest BCUT2D eigenvalue weighted by Gasteiger charge is -2.29. The highest BCUT2D eigenvalue weighted by Gasteiger charge is 2.44. The molecule has 2 aromatic rings. The number of nitrogens with one attached hydrogen (secondary N) is 1. The monoisotopic (exact) mass is 512 g/mol. The lowest BCUT2D eigenvalue weighted by molar-refractivity contribution is -0.163. The molecule has 0 bridgehead atoms. The van der Waals surface area contributed by atoms with E-state index in [9.17, 15) is 23.6 Å². The Hall–Kier alpha value is -3.59. The van der Waals surface area contributed by atoms with Crippen LogP contribution in [0.2, 0.25) is 0 Å². The summed E-state index contributed by atoms with van der Waals surface area (Å²) < 4.78 is 36.3. The number of nitrogen functional groups attached to an aromatic ring is 1. The number of aromatic amines is 1. The number of anilines is 1. The average molecular weight is 512 g/mol. The predicted octanol–water partition coefficient (Wildman–Crippen LogP) is -0.279. The highest BCUT2D eigenvalue weighted by molar-refractivity contribution is 5.87. The van der Waals surface area contributed by atoms with Gasteiger partial charge in [0.05, 0.1) is 25.3 Å². The Morgan fingerprint density at radius 2 is 2.11 bits per heavy atom. The largest absolute Gasteiger partial charge is 0.469 e. The van der Waals surface area contributed by atoms with E-state index in [1.807, 2.05) is 0 Å². The number of hydrogen-bond donors (Lipinski definition) is 3. The van der Waals surface area contributed by atoms with E-state index in [-0.39, 0.29) is 49.6 Å². The number of aromatic nitrogens is 4. The summed E-state index contributed by atoms with van der Waals surface area (Å²) in [6.45, 7) is 2.43. The van der Waals surface area contributed by atoms with Crippen molar-refractivity contribution in [3.05, 3.63) is 16.7 Å². The lowest BCUT2D eigenvalue weighted by Crippen LogP contribution is -2.51. The number of H-pyrrole nitrogens is 1. The Bertz CT molecular complexity index is 1180. The Kier molecular flexibility index (Phi) is 8.24. The molecule has 15 heteroatoms. The van der Waals surface area contributed by atoms with Gasteiger partial charge >= 0.3 is 17.9 Å². The molecule has 3 heterocycles. The van der Waals surface area contributed by atoms with Crippen molar-refractivity contribution >= 4 is 35.0 Å². The van der Waals surface area contributed by atoms with Crippen molar-refractivity contribution in [1.82, 2.24) is 19.5 Å². The van der Waals surface area contributed by atoms with Crippen LogP contribution in [0.5, 0.6) is 0 Å². The number of methoxy groups -OCH3 is 1. The van der Waals surface area contributed by atoms with Crippen molar-refractivity contribution < 1.29 is 37.7 Å². The van der Waals surface area contributed by atoms with E-state index in [0.29, 0.717) is 0 Å². The minimum atomic E-state index is -1.47. The molecule has 1 saturated heterocycles. The van der Waals surface area contributed by atoms with Gasteiger partial charge in [-0.2, -0.15) is 4.98 Å². The zero-order valence-electron chi connectivity index (χ0n) is 20.1. The summed E-state index contributed by atoms with van der Waals surface area (Å²) in [7, 11) is 1.19. The summed E-state index contributed by atoms with van der Waals surface area (Å²) in [5, 5.41) is 0. The van der Waals surface area contributed by atoms with Gasteiger partial charge in [-0.3, -0.25) is 28.7 Å². The minimum Gasteiger partial charge on any atom is -0.469 e. The molecular weight excluding hydrogens is 483 g/mol. The Balaban J connectivity index is 1.48. The Labute approximate surface area is 204 Å². The molecule has 14 nitrogen and oxygen atoms in total. The van der Waals surface area contributed by atoms with Crippen molar-refractivity contribution in [2.75, 3.05) is 26.1 Å². The first kappa shape index (κ1) is 27.0. The highest BCUT2D eigenvalue weighted by atomic mass is 19.1. The normalized spacial score (nSPS) is 22.1. The van der Waals surface area contributed by atoms with E-state index < -0.39 is 53.4 Å².